The monoisotopic (exact) mass is 430 g/mol. The molecule has 0 saturated carbocycles. The van der Waals surface area contributed by atoms with Crippen molar-refractivity contribution in [3.63, 3.8) is 0 Å². The largest absolute Gasteiger partial charge is 0.379 e. The molecule has 8 nitrogen and oxygen atoms in total. The molecule has 2 atom stereocenters. The van der Waals surface area contributed by atoms with E-state index in [1.165, 1.54) is 16.8 Å². The van der Waals surface area contributed by atoms with Crippen LogP contribution in [0.1, 0.15) is 36.4 Å². The Morgan fingerprint density at radius 3 is 2.68 bits per heavy atom. The maximum Gasteiger partial charge on any atom is 0.309 e. The molecule has 4 rings (SSSR count). The summed E-state index contributed by atoms with van der Waals surface area (Å²) in [6.45, 7) is 5.56. The maximum absolute atomic E-state index is 12.4. The second kappa shape index (κ2) is 10.4. The van der Waals surface area contributed by atoms with Gasteiger partial charge in [0.25, 0.3) is 0 Å². The lowest BCUT2D eigenvalue weighted by Crippen LogP contribution is -2.47. The van der Waals surface area contributed by atoms with Gasteiger partial charge in [-0.3, -0.25) is 14.5 Å². The third kappa shape index (κ3) is 5.56. The lowest BCUT2D eigenvalue weighted by Gasteiger charge is -2.36. The number of anilines is 1. The van der Waals surface area contributed by atoms with Crippen molar-refractivity contribution in [2.45, 2.75) is 37.8 Å². The van der Waals surface area contributed by atoms with Crippen LogP contribution < -0.4 is 15.5 Å². The number of carbonyl (C=O) groups excluding carboxylic acids is 2. The number of nitrogens with zero attached hydrogens (tertiary/aromatic N) is 2. The SMILES string of the molecule is CN1CCCc2cc([C@@H](CNC(=O)C(=O)NC[C@@H]3CCCO3)N3CCOCC3)ccc21. The van der Waals surface area contributed by atoms with E-state index < -0.39 is 11.8 Å². The van der Waals surface area contributed by atoms with Crippen LogP contribution in [0.4, 0.5) is 5.69 Å². The molecule has 31 heavy (non-hydrogen) atoms. The van der Waals surface area contributed by atoms with Gasteiger partial charge in [-0.05, 0) is 42.9 Å². The average Bonchev–Trinajstić information content (AvgIpc) is 3.32. The molecule has 8 heteroatoms. The van der Waals surface area contributed by atoms with Gasteiger partial charge in [-0.1, -0.05) is 12.1 Å². The van der Waals surface area contributed by atoms with E-state index in [1.54, 1.807) is 0 Å². The molecular formula is C23H34N4O4. The Morgan fingerprint density at radius 2 is 1.90 bits per heavy atom. The van der Waals surface area contributed by atoms with Gasteiger partial charge < -0.3 is 25.0 Å². The zero-order valence-electron chi connectivity index (χ0n) is 18.4. The first-order valence-electron chi connectivity index (χ1n) is 11.4. The minimum atomic E-state index is -0.594. The molecule has 0 spiro atoms. The fraction of sp³-hybridized carbons (Fsp3) is 0.652. The molecule has 1 aromatic carbocycles. The minimum absolute atomic E-state index is 0.0105. The van der Waals surface area contributed by atoms with Gasteiger partial charge in [-0.2, -0.15) is 0 Å². The molecule has 0 radical (unpaired) electrons. The summed E-state index contributed by atoms with van der Waals surface area (Å²) in [7, 11) is 2.13. The van der Waals surface area contributed by atoms with Crippen LogP contribution in [-0.2, 0) is 25.5 Å². The normalized spacial score (nSPS) is 22.6. The molecule has 0 bridgehead atoms. The van der Waals surface area contributed by atoms with Crippen LogP contribution >= 0.6 is 0 Å². The minimum Gasteiger partial charge on any atom is -0.379 e. The maximum atomic E-state index is 12.4. The van der Waals surface area contributed by atoms with E-state index >= 15 is 0 Å². The van der Waals surface area contributed by atoms with Crippen molar-refractivity contribution in [1.82, 2.24) is 15.5 Å². The van der Waals surface area contributed by atoms with Gasteiger partial charge in [0.05, 0.1) is 25.4 Å². The highest BCUT2D eigenvalue weighted by atomic mass is 16.5. The fourth-order valence-corrected chi connectivity index (χ4v) is 4.72. The van der Waals surface area contributed by atoms with Gasteiger partial charge in [0.1, 0.15) is 0 Å². The van der Waals surface area contributed by atoms with E-state index in [1.807, 2.05) is 0 Å². The molecule has 0 unspecified atom stereocenters. The number of nitrogens with one attached hydrogen (secondary N) is 2. The molecule has 1 aromatic rings. The van der Waals surface area contributed by atoms with Crippen molar-refractivity contribution in [2.24, 2.45) is 0 Å². The standard InChI is InChI=1S/C23H34N4O4/c1-26-8-2-4-17-14-18(6-7-20(17)26)21(27-9-12-30-13-10-27)16-25-23(29)22(28)24-15-19-5-3-11-31-19/h6-7,14,19,21H,2-5,8-13,15-16H2,1H3,(H,24,28)(H,25,29)/t19-,21+/m0/s1. The highest BCUT2D eigenvalue weighted by molar-refractivity contribution is 6.35. The number of benzene rings is 1. The first-order valence-corrected chi connectivity index (χ1v) is 11.4. The summed E-state index contributed by atoms with van der Waals surface area (Å²) in [6.07, 6.45) is 4.17. The van der Waals surface area contributed by atoms with Crippen molar-refractivity contribution >= 4 is 17.5 Å². The lowest BCUT2D eigenvalue weighted by atomic mass is 9.95. The number of amides is 2. The van der Waals surface area contributed by atoms with Crippen molar-refractivity contribution in [2.75, 3.05) is 64.5 Å². The van der Waals surface area contributed by atoms with Gasteiger partial charge in [-0.15, -0.1) is 0 Å². The quantitative estimate of drug-likeness (QED) is 0.652. The number of hydrogen-bond acceptors (Lipinski definition) is 6. The van der Waals surface area contributed by atoms with Crippen LogP contribution in [0.5, 0.6) is 0 Å². The van der Waals surface area contributed by atoms with Crippen LogP contribution in [0.15, 0.2) is 18.2 Å². The highest BCUT2D eigenvalue weighted by Crippen LogP contribution is 2.30. The summed E-state index contributed by atoms with van der Waals surface area (Å²) in [5.41, 5.74) is 3.81. The number of fused-ring (bicyclic) bond motifs is 1. The van der Waals surface area contributed by atoms with Crippen LogP contribution in [0.3, 0.4) is 0 Å². The van der Waals surface area contributed by atoms with Gasteiger partial charge in [-0.25, -0.2) is 0 Å². The zero-order valence-corrected chi connectivity index (χ0v) is 18.4. The summed E-state index contributed by atoms with van der Waals surface area (Å²) >= 11 is 0. The second-order valence-electron chi connectivity index (χ2n) is 8.63. The van der Waals surface area contributed by atoms with E-state index in [0.29, 0.717) is 26.3 Å². The van der Waals surface area contributed by atoms with E-state index in [2.05, 4.69) is 45.7 Å². The predicted molar refractivity (Wildman–Crippen MR) is 118 cm³/mol. The zero-order chi connectivity index (χ0) is 21.6. The van der Waals surface area contributed by atoms with Crippen LogP contribution in [0.25, 0.3) is 0 Å². The topological polar surface area (TPSA) is 83.1 Å². The Morgan fingerprint density at radius 1 is 1.10 bits per heavy atom. The van der Waals surface area contributed by atoms with E-state index in [-0.39, 0.29) is 12.1 Å². The molecular weight excluding hydrogens is 396 g/mol. The Kier molecular flexibility index (Phi) is 7.42. The molecule has 2 saturated heterocycles. The summed E-state index contributed by atoms with van der Waals surface area (Å²) in [5, 5.41) is 5.56. The van der Waals surface area contributed by atoms with Crippen molar-refractivity contribution in [3.8, 4) is 0 Å². The number of morpholine rings is 1. The Hall–Kier alpha value is -2.16. The van der Waals surface area contributed by atoms with Crippen molar-refractivity contribution in [1.29, 1.82) is 0 Å². The number of aryl methyl sites for hydroxylation is 1. The molecule has 3 heterocycles. The smallest absolute Gasteiger partial charge is 0.309 e. The number of hydrogen-bond donors (Lipinski definition) is 2. The Balaban J connectivity index is 1.40. The Bertz CT molecular complexity index is 775. The van der Waals surface area contributed by atoms with E-state index in [4.69, 9.17) is 9.47 Å². The first-order chi connectivity index (χ1) is 15.1. The van der Waals surface area contributed by atoms with Crippen molar-refractivity contribution < 1.29 is 19.1 Å². The third-order valence-corrected chi connectivity index (χ3v) is 6.50. The molecule has 3 aliphatic rings. The van der Waals surface area contributed by atoms with Gasteiger partial charge in [0.2, 0.25) is 0 Å². The lowest BCUT2D eigenvalue weighted by molar-refractivity contribution is -0.139. The second-order valence-corrected chi connectivity index (χ2v) is 8.63. The van der Waals surface area contributed by atoms with Gasteiger partial charge in [0, 0.05) is 52.1 Å². The van der Waals surface area contributed by atoms with E-state index in [0.717, 1.165) is 51.9 Å². The summed E-state index contributed by atoms with van der Waals surface area (Å²) in [5.74, 6) is -1.18. The van der Waals surface area contributed by atoms with Crippen LogP contribution in [0.2, 0.25) is 0 Å². The number of carbonyl (C=O) groups is 2. The molecule has 2 N–H and O–H groups in total. The van der Waals surface area contributed by atoms with Crippen LogP contribution in [0, 0.1) is 0 Å². The predicted octanol–water partition coefficient (Wildman–Crippen LogP) is 0.854. The van der Waals surface area contributed by atoms with E-state index in [9.17, 15) is 9.59 Å². The number of ether oxygens (including phenoxy) is 2. The fourth-order valence-electron chi connectivity index (χ4n) is 4.72. The summed E-state index contributed by atoms with van der Waals surface area (Å²) < 4.78 is 11.0. The first kappa shape index (κ1) is 22.0. The molecule has 3 aliphatic heterocycles. The Labute approximate surface area is 184 Å². The third-order valence-electron chi connectivity index (χ3n) is 6.50. The molecule has 0 aromatic heterocycles. The van der Waals surface area contributed by atoms with Gasteiger partial charge >= 0.3 is 11.8 Å². The average molecular weight is 431 g/mol. The summed E-state index contributed by atoms with van der Waals surface area (Å²) in [6, 6.07) is 6.63. The van der Waals surface area contributed by atoms with Gasteiger partial charge in [0.15, 0.2) is 0 Å². The molecule has 2 fully saturated rings. The number of rotatable bonds is 6. The summed E-state index contributed by atoms with van der Waals surface area (Å²) in [4.78, 5) is 29.3. The van der Waals surface area contributed by atoms with Crippen LogP contribution in [-0.4, -0.2) is 82.4 Å². The molecule has 0 aliphatic carbocycles. The molecule has 170 valence electrons. The molecule has 2 amide bonds. The highest BCUT2D eigenvalue weighted by Gasteiger charge is 2.26. The van der Waals surface area contributed by atoms with Crippen molar-refractivity contribution in [3.05, 3.63) is 29.3 Å².